The Bertz CT molecular complexity index is 419. The summed E-state index contributed by atoms with van der Waals surface area (Å²) in [6.07, 6.45) is 1.45. The van der Waals surface area contributed by atoms with E-state index in [-0.39, 0.29) is 26.2 Å². The van der Waals surface area contributed by atoms with Crippen LogP contribution in [0.3, 0.4) is 0 Å². The number of nitrogens with zero attached hydrogens (tertiary/aromatic N) is 2. The van der Waals surface area contributed by atoms with Crippen LogP contribution in [0.4, 0.5) is 4.79 Å². The summed E-state index contributed by atoms with van der Waals surface area (Å²) < 4.78 is 4.75. The summed E-state index contributed by atoms with van der Waals surface area (Å²) >= 11 is 0. The average Bonchev–Trinajstić information content (AvgIpc) is 2.70. The van der Waals surface area contributed by atoms with Crippen LogP contribution in [0, 0.1) is 0 Å². The number of ether oxygens (including phenoxy) is 1. The summed E-state index contributed by atoms with van der Waals surface area (Å²) in [5.74, 6) is -1.55. The zero-order chi connectivity index (χ0) is 15.1. The molecule has 1 heterocycles. The van der Waals surface area contributed by atoms with Crippen molar-refractivity contribution in [3.05, 3.63) is 12.7 Å². The van der Waals surface area contributed by atoms with E-state index in [1.54, 1.807) is 6.92 Å². The molecule has 1 rings (SSSR count). The standard InChI is InChI=1S/C12H17N3O5/c1-3-5-14(8-11(18)20-4-2)10(17)7-15-9(16)6-13-12(15)19/h3H,1,4-8H2,2H3,(H,13,19). The van der Waals surface area contributed by atoms with E-state index in [9.17, 15) is 19.2 Å². The monoisotopic (exact) mass is 283 g/mol. The Morgan fingerprint density at radius 2 is 2.20 bits per heavy atom. The van der Waals surface area contributed by atoms with Crippen LogP contribution in [0.2, 0.25) is 0 Å². The minimum absolute atomic E-state index is 0.120. The zero-order valence-electron chi connectivity index (χ0n) is 11.3. The quantitative estimate of drug-likeness (QED) is 0.372. The topological polar surface area (TPSA) is 96.0 Å². The fourth-order valence-corrected chi connectivity index (χ4v) is 1.62. The molecule has 1 saturated heterocycles. The predicted octanol–water partition coefficient (Wildman–Crippen LogP) is -0.884. The van der Waals surface area contributed by atoms with E-state index in [4.69, 9.17) is 4.74 Å². The fraction of sp³-hybridized carbons (Fsp3) is 0.500. The second kappa shape index (κ2) is 7.27. The molecule has 0 spiro atoms. The van der Waals surface area contributed by atoms with Crippen LogP contribution >= 0.6 is 0 Å². The molecular formula is C12H17N3O5. The molecule has 20 heavy (non-hydrogen) atoms. The lowest BCUT2D eigenvalue weighted by Crippen LogP contribution is -2.45. The van der Waals surface area contributed by atoms with Crippen LogP contribution in [0.15, 0.2) is 12.7 Å². The van der Waals surface area contributed by atoms with Gasteiger partial charge in [0.05, 0.1) is 13.2 Å². The van der Waals surface area contributed by atoms with Gasteiger partial charge in [-0.15, -0.1) is 6.58 Å². The molecular weight excluding hydrogens is 266 g/mol. The van der Waals surface area contributed by atoms with Crippen molar-refractivity contribution in [3.63, 3.8) is 0 Å². The van der Waals surface area contributed by atoms with Gasteiger partial charge < -0.3 is 15.0 Å². The van der Waals surface area contributed by atoms with Crippen LogP contribution in [0.5, 0.6) is 0 Å². The number of imide groups is 1. The lowest BCUT2D eigenvalue weighted by molar-refractivity contribution is -0.149. The van der Waals surface area contributed by atoms with Crippen molar-refractivity contribution in [2.75, 3.05) is 32.8 Å². The first-order valence-corrected chi connectivity index (χ1v) is 6.12. The molecule has 0 saturated carbocycles. The average molecular weight is 283 g/mol. The predicted molar refractivity (Wildman–Crippen MR) is 68.5 cm³/mol. The largest absolute Gasteiger partial charge is 0.465 e. The van der Waals surface area contributed by atoms with Gasteiger partial charge in [-0.25, -0.2) is 4.79 Å². The van der Waals surface area contributed by atoms with Gasteiger partial charge in [-0.1, -0.05) is 6.08 Å². The van der Waals surface area contributed by atoms with Crippen molar-refractivity contribution in [1.29, 1.82) is 0 Å². The van der Waals surface area contributed by atoms with Gasteiger partial charge in [-0.05, 0) is 6.92 Å². The zero-order valence-corrected chi connectivity index (χ0v) is 11.3. The Morgan fingerprint density at radius 1 is 1.50 bits per heavy atom. The number of carbonyl (C=O) groups is 4. The first kappa shape index (κ1) is 15.7. The molecule has 1 aliphatic heterocycles. The van der Waals surface area contributed by atoms with E-state index in [1.165, 1.54) is 11.0 Å². The summed E-state index contributed by atoms with van der Waals surface area (Å²) in [7, 11) is 0. The van der Waals surface area contributed by atoms with Gasteiger partial charge in [0.15, 0.2) is 0 Å². The number of hydrogen-bond donors (Lipinski definition) is 1. The first-order chi connectivity index (χ1) is 9.49. The van der Waals surface area contributed by atoms with Crippen molar-refractivity contribution in [3.8, 4) is 0 Å². The highest BCUT2D eigenvalue weighted by Crippen LogP contribution is 2.01. The smallest absolute Gasteiger partial charge is 0.325 e. The van der Waals surface area contributed by atoms with Crippen LogP contribution in [-0.4, -0.2) is 66.4 Å². The van der Waals surface area contributed by atoms with Crippen molar-refractivity contribution in [2.45, 2.75) is 6.92 Å². The van der Waals surface area contributed by atoms with Crippen molar-refractivity contribution in [2.24, 2.45) is 0 Å². The Labute approximate surface area is 116 Å². The normalized spacial score (nSPS) is 13.9. The molecule has 0 aromatic rings. The lowest BCUT2D eigenvalue weighted by atomic mass is 10.4. The minimum atomic E-state index is -0.613. The van der Waals surface area contributed by atoms with Crippen molar-refractivity contribution >= 4 is 23.8 Å². The Kier molecular flexibility index (Phi) is 5.70. The number of rotatable bonds is 7. The molecule has 110 valence electrons. The molecule has 0 aliphatic carbocycles. The summed E-state index contributed by atoms with van der Waals surface area (Å²) in [4.78, 5) is 48.1. The molecule has 0 aromatic carbocycles. The maximum absolute atomic E-state index is 12.0. The Hall–Kier alpha value is -2.38. The van der Waals surface area contributed by atoms with Crippen LogP contribution in [0.25, 0.3) is 0 Å². The summed E-state index contributed by atoms with van der Waals surface area (Å²) in [6.45, 7) is 4.71. The highest BCUT2D eigenvalue weighted by molar-refractivity contribution is 6.04. The van der Waals surface area contributed by atoms with E-state index in [1.807, 2.05) is 0 Å². The van der Waals surface area contributed by atoms with Crippen molar-refractivity contribution < 1.29 is 23.9 Å². The molecule has 1 aliphatic rings. The molecule has 4 amide bonds. The molecule has 8 heteroatoms. The van der Waals surface area contributed by atoms with Gasteiger partial charge >= 0.3 is 12.0 Å². The lowest BCUT2D eigenvalue weighted by Gasteiger charge is -2.22. The second-order valence-electron chi connectivity index (χ2n) is 4.01. The summed E-state index contributed by atoms with van der Waals surface area (Å²) in [6, 6.07) is -0.613. The number of carbonyl (C=O) groups excluding carboxylic acids is 4. The highest BCUT2D eigenvalue weighted by atomic mass is 16.5. The van der Waals surface area contributed by atoms with Gasteiger partial charge in [-0.3, -0.25) is 19.3 Å². The molecule has 8 nitrogen and oxygen atoms in total. The van der Waals surface area contributed by atoms with E-state index in [0.29, 0.717) is 0 Å². The summed E-state index contributed by atoms with van der Waals surface area (Å²) in [5, 5.41) is 2.31. The number of nitrogens with one attached hydrogen (secondary N) is 1. The van der Waals surface area contributed by atoms with E-state index in [0.717, 1.165) is 4.90 Å². The van der Waals surface area contributed by atoms with Gasteiger partial charge in [0, 0.05) is 6.54 Å². The number of esters is 1. The molecule has 1 N–H and O–H groups in total. The Balaban J connectivity index is 2.63. The number of hydrogen-bond acceptors (Lipinski definition) is 5. The second-order valence-corrected chi connectivity index (χ2v) is 4.01. The van der Waals surface area contributed by atoms with Gasteiger partial charge in [0.1, 0.15) is 13.1 Å². The van der Waals surface area contributed by atoms with Gasteiger partial charge in [0.25, 0.3) is 5.91 Å². The highest BCUT2D eigenvalue weighted by Gasteiger charge is 2.31. The van der Waals surface area contributed by atoms with E-state index >= 15 is 0 Å². The molecule has 0 radical (unpaired) electrons. The summed E-state index contributed by atoms with van der Waals surface area (Å²) in [5.41, 5.74) is 0. The third kappa shape index (κ3) is 4.08. The van der Waals surface area contributed by atoms with Crippen LogP contribution in [-0.2, 0) is 19.1 Å². The number of amides is 4. The maximum atomic E-state index is 12.0. The minimum Gasteiger partial charge on any atom is -0.465 e. The molecule has 1 fully saturated rings. The number of urea groups is 1. The van der Waals surface area contributed by atoms with Crippen molar-refractivity contribution in [1.82, 2.24) is 15.1 Å². The Morgan fingerprint density at radius 3 is 2.70 bits per heavy atom. The maximum Gasteiger partial charge on any atom is 0.325 e. The van der Waals surface area contributed by atoms with E-state index in [2.05, 4.69) is 11.9 Å². The molecule has 0 bridgehead atoms. The SMILES string of the molecule is C=CCN(CC(=O)OCC)C(=O)CN1C(=O)CNC1=O. The molecule has 0 unspecified atom stereocenters. The fourth-order valence-electron chi connectivity index (χ4n) is 1.62. The van der Waals surface area contributed by atoms with Gasteiger partial charge in [-0.2, -0.15) is 0 Å². The van der Waals surface area contributed by atoms with Crippen LogP contribution < -0.4 is 5.32 Å². The third-order valence-electron chi connectivity index (χ3n) is 2.56. The van der Waals surface area contributed by atoms with Crippen LogP contribution in [0.1, 0.15) is 6.92 Å². The third-order valence-corrected chi connectivity index (χ3v) is 2.56. The first-order valence-electron chi connectivity index (χ1n) is 6.12. The van der Waals surface area contributed by atoms with Gasteiger partial charge in [0.2, 0.25) is 5.91 Å². The molecule has 0 aromatic heterocycles. The molecule has 0 atom stereocenters. The van der Waals surface area contributed by atoms with E-state index < -0.39 is 30.4 Å².